The summed E-state index contributed by atoms with van der Waals surface area (Å²) < 4.78 is 1.03. The van der Waals surface area contributed by atoms with Crippen LogP contribution in [0, 0.1) is 6.92 Å². The quantitative estimate of drug-likeness (QED) is 0.627. The highest BCUT2D eigenvalue weighted by Gasteiger charge is 2.21. The Morgan fingerprint density at radius 2 is 2.05 bits per heavy atom. The Morgan fingerprint density at radius 1 is 1.38 bits per heavy atom. The van der Waals surface area contributed by atoms with Crippen molar-refractivity contribution in [3.8, 4) is 0 Å². The summed E-state index contributed by atoms with van der Waals surface area (Å²) in [5, 5.41) is 0.657. The van der Waals surface area contributed by atoms with Crippen LogP contribution in [-0.2, 0) is 0 Å². The lowest BCUT2D eigenvalue weighted by molar-refractivity contribution is 0.632. The monoisotopic (exact) mass is 367 g/mol. The average Bonchev–Trinajstić information content (AvgIpc) is 2.44. The van der Waals surface area contributed by atoms with E-state index < -0.39 is 0 Å². The number of aromatic amines is 1. The van der Waals surface area contributed by atoms with E-state index in [4.69, 9.17) is 5.73 Å². The first-order chi connectivity index (χ1) is 9.99. The second-order valence-electron chi connectivity index (χ2n) is 4.85. The van der Waals surface area contributed by atoms with Gasteiger partial charge in [0.15, 0.2) is 5.16 Å². The van der Waals surface area contributed by atoms with Crippen molar-refractivity contribution >= 4 is 27.7 Å². The lowest BCUT2D eigenvalue weighted by Crippen LogP contribution is -2.26. The number of nitrogens with two attached hydrogens (primary N) is 1. The van der Waals surface area contributed by atoms with E-state index >= 15 is 0 Å². The van der Waals surface area contributed by atoms with Crippen molar-refractivity contribution < 1.29 is 0 Å². The summed E-state index contributed by atoms with van der Waals surface area (Å²) in [5.41, 5.74) is 7.96. The minimum Gasteiger partial charge on any atom is -0.326 e. The van der Waals surface area contributed by atoms with Gasteiger partial charge in [0.25, 0.3) is 5.56 Å². The van der Waals surface area contributed by atoms with Gasteiger partial charge in [-0.1, -0.05) is 46.7 Å². The summed E-state index contributed by atoms with van der Waals surface area (Å²) in [6.45, 7) is 3.87. The molecule has 0 spiro atoms. The third kappa shape index (κ3) is 4.43. The van der Waals surface area contributed by atoms with E-state index in [-0.39, 0.29) is 16.9 Å². The normalized spacial score (nSPS) is 13.9. The molecule has 0 fully saturated rings. The molecule has 2 unspecified atom stereocenters. The van der Waals surface area contributed by atoms with Crippen molar-refractivity contribution in [2.75, 3.05) is 0 Å². The summed E-state index contributed by atoms with van der Waals surface area (Å²) >= 11 is 4.94. The Kier molecular flexibility index (Phi) is 5.61. The number of H-pyrrole nitrogens is 1. The van der Waals surface area contributed by atoms with Gasteiger partial charge in [-0.05, 0) is 31.0 Å². The van der Waals surface area contributed by atoms with Crippen LogP contribution in [0.25, 0.3) is 0 Å². The fourth-order valence-corrected chi connectivity index (χ4v) is 3.52. The Balaban J connectivity index is 2.32. The van der Waals surface area contributed by atoms with E-state index in [9.17, 15) is 4.79 Å². The fourth-order valence-electron chi connectivity index (χ4n) is 2.00. The van der Waals surface area contributed by atoms with Gasteiger partial charge in [-0.15, -0.1) is 0 Å². The van der Waals surface area contributed by atoms with Crippen molar-refractivity contribution in [3.63, 3.8) is 0 Å². The third-order valence-corrected chi connectivity index (χ3v) is 4.97. The largest absolute Gasteiger partial charge is 0.326 e. The fraction of sp³-hybridized carbons (Fsp3) is 0.333. The predicted octanol–water partition coefficient (Wildman–Crippen LogP) is 3.41. The summed E-state index contributed by atoms with van der Waals surface area (Å²) in [6, 6.07) is 9.56. The topological polar surface area (TPSA) is 71.8 Å². The van der Waals surface area contributed by atoms with E-state index in [0.717, 1.165) is 16.5 Å². The Hall–Kier alpha value is -1.11. The molecule has 0 bridgehead atoms. The lowest BCUT2D eigenvalue weighted by atomic mass is 10.0. The first kappa shape index (κ1) is 16.3. The highest BCUT2D eigenvalue weighted by Crippen LogP contribution is 2.36. The molecule has 0 aliphatic heterocycles. The minimum absolute atomic E-state index is 0.0120. The van der Waals surface area contributed by atoms with Gasteiger partial charge in [0.1, 0.15) is 0 Å². The molecule has 0 saturated carbocycles. The zero-order valence-electron chi connectivity index (χ0n) is 12.0. The number of hydrogen-bond donors (Lipinski definition) is 2. The Labute approximate surface area is 136 Å². The van der Waals surface area contributed by atoms with Crippen LogP contribution in [0.1, 0.15) is 29.9 Å². The highest BCUT2D eigenvalue weighted by molar-refractivity contribution is 9.10. The number of aryl methyl sites for hydroxylation is 1. The number of nitrogens with one attached hydrogen (secondary N) is 1. The van der Waals surface area contributed by atoms with Crippen LogP contribution < -0.4 is 11.3 Å². The summed E-state index contributed by atoms with van der Waals surface area (Å²) in [4.78, 5) is 18.7. The van der Waals surface area contributed by atoms with Gasteiger partial charge < -0.3 is 10.7 Å². The molecular weight excluding hydrogens is 350 g/mol. The number of halogens is 1. The maximum Gasteiger partial charge on any atom is 0.251 e. The molecule has 2 aromatic rings. The number of rotatable bonds is 5. The van der Waals surface area contributed by atoms with Gasteiger partial charge in [0.05, 0.1) is 5.25 Å². The first-order valence-electron chi connectivity index (χ1n) is 6.75. The molecule has 3 N–H and O–H groups in total. The molecule has 112 valence electrons. The number of nitrogens with zero attached hydrogens (tertiary/aromatic N) is 1. The molecule has 6 heteroatoms. The van der Waals surface area contributed by atoms with E-state index in [0.29, 0.717) is 10.9 Å². The maximum absolute atomic E-state index is 11.6. The van der Waals surface area contributed by atoms with Crippen LogP contribution in [0.15, 0.2) is 44.8 Å². The van der Waals surface area contributed by atoms with Crippen LogP contribution in [0.3, 0.4) is 0 Å². The van der Waals surface area contributed by atoms with Gasteiger partial charge in [-0.25, -0.2) is 4.98 Å². The average molecular weight is 368 g/mol. The standard InChI is InChI=1S/C15H18BrN3OS/c1-3-12(17)14(10-4-6-11(16)7-5-10)21-15-18-9(2)8-13(20)19-15/h4-8,12,14H,3,17H2,1-2H3,(H,18,19,20). The smallest absolute Gasteiger partial charge is 0.251 e. The van der Waals surface area contributed by atoms with Crippen molar-refractivity contribution in [1.29, 1.82) is 0 Å². The van der Waals surface area contributed by atoms with Gasteiger partial charge in [-0.2, -0.15) is 0 Å². The molecule has 0 aliphatic carbocycles. The van der Waals surface area contributed by atoms with Crippen molar-refractivity contribution in [1.82, 2.24) is 9.97 Å². The molecule has 1 aromatic heterocycles. The SMILES string of the molecule is CCC(N)C(Sc1nc(C)cc(=O)[nH]1)c1ccc(Br)cc1. The molecule has 0 saturated heterocycles. The van der Waals surface area contributed by atoms with Crippen LogP contribution in [-0.4, -0.2) is 16.0 Å². The van der Waals surface area contributed by atoms with E-state index in [2.05, 4.69) is 32.8 Å². The zero-order valence-corrected chi connectivity index (χ0v) is 14.4. The second kappa shape index (κ2) is 7.24. The molecule has 2 rings (SSSR count). The van der Waals surface area contributed by atoms with Gasteiger partial charge in [0.2, 0.25) is 0 Å². The summed E-state index contributed by atoms with van der Waals surface area (Å²) in [7, 11) is 0. The molecule has 21 heavy (non-hydrogen) atoms. The Bertz CT molecular complexity index is 657. The van der Waals surface area contributed by atoms with Crippen LogP contribution >= 0.6 is 27.7 Å². The van der Waals surface area contributed by atoms with Crippen molar-refractivity contribution in [2.45, 2.75) is 36.7 Å². The second-order valence-corrected chi connectivity index (χ2v) is 6.90. The molecule has 0 amide bonds. The van der Waals surface area contributed by atoms with Gasteiger partial charge in [-0.3, -0.25) is 4.79 Å². The number of thioether (sulfide) groups is 1. The molecule has 1 aromatic carbocycles. The molecule has 0 aliphatic rings. The lowest BCUT2D eigenvalue weighted by Gasteiger charge is -2.22. The minimum atomic E-state index is -0.135. The van der Waals surface area contributed by atoms with Crippen LogP contribution in [0.4, 0.5) is 0 Å². The molecule has 4 nitrogen and oxygen atoms in total. The Morgan fingerprint density at radius 3 is 2.62 bits per heavy atom. The zero-order chi connectivity index (χ0) is 15.4. The summed E-state index contributed by atoms with van der Waals surface area (Å²) in [6.07, 6.45) is 0.851. The van der Waals surface area contributed by atoms with Crippen molar-refractivity contribution in [3.05, 3.63) is 56.4 Å². The number of hydrogen-bond acceptors (Lipinski definition) is 4. The predicted molar refractivity (Wildman–Crippen MR) is 90.6 cm³/mol. The summed E-state index contributed by atoms with van der Waals surface area (Å²) in [5.74, 6) is 0. The molecule has 2 atom stereocenters. The van der Waals surface area contributed by atoms with E-state index in [1.54, 1.807) is 0 Å². The third-order valence-electron chi connectivity index (χ3n) is 3.15. The van der Waals surface area contributed by atoms with E-state index in [1.165, 1.54) is 17.8 Å². The number of aromatic nitrogens is 2. The van der Waals surface area contributed by atoms with E-state index in [1.807, 2.05) is 31.2 Å². The molecule has 1 heterocycles. The molecular formula is C15H18BrN3OS. The van der Waals surface area contributed by atoms with Gasteiger partial charge >= 0.3 is 0 Å². The van der Waals surface area contributed by atoms with Crippen LogP contribution in [0.5, 0.6) is 0 Å². The highest BCUT2D eigenvalue weighted by atomic mass is 79.9. The van der Waals surface area contributed by atoms with Crippen LogP contribution in [0.2, 0.25) is 0 Å². The first-order valence-corrected chi connectivity index (χ1v) is 8.42. The van der Waals surface area contributed by atoms with Gasteiger partial charge in [0, 0.05) is 22.3 Å². The number of benzene rings is 1. The van der Waals surface area contributed by atoms with Crippen molar-refractivity contribution in [2.24, 2.45) is 5.73 Å². The maximum atomic E-state index is 11.6. The molecule has 0 radical (unpaired) electrons.